The summed E-state index contributed by atoms with van der Waals surface area (Å²) in [5.41, 5.74) is 3.06. The summed E-state index contributed by atoms with van der Waals surface area (Å²) in [4.78, 5) is 2.44. The molecule has 2 unspecified atom stereocenters. The van der Waals surface area contributed by atoms with E-state index in [1.54, 1.807) is 7.11 Å². The van der Waals surface area contributed by atoms with E-state index in [1.807, 2.05) is 0 Å². The third kappa shape index (κ3) is 1.68. The number of rotatable bonds is 2. The molecule has 0 aromatic heterocycles. The summed E-state index contributed by atoms with van der Waals surface area (Å²) < 4.78 is 5.63. The average Bonchev–Trinajstić information content (AvgIpc) is 2.93. The molecule has 0 amide bonds. The van der Waals surface area contributed by atoms with Crippen LogP contribution in [0.1, 0.15) is 27.3 Å². The van der Waals surface area contributed by atoms with E-state index in [4.69, 9.17) is 4.74 Å². The van der Waals surface area contributed by atoms with Crippen LogP contribution in [0.15, 0.2) is 18.2 Å². The summed E-state index contributed by atoms with van der Waals surface area (Å²) in [6.07, 6.45) is 1.25. The van der Waals surface area contributed by atoms with Gasteiger partial charge in [0.2, 0.25) is 0 Å². The van der Waals surface area contributed by atoms with Crippen molar-refractivity contribution in [3.63, 3.8) is 0 Å². The molecule has 1 fully saturated rings. The van der Waals surface area contributed by atoms with Gasteiger partial charge in [0.15, 0.2) is 0 Å². The first-order valence-corrected chi connectivity index (χ1v) is 7.10. The quantitative estimate of drug-likeness (QED) is 0.887. The summed E-state index contributed by atoms with van der Waals surface area (Å²) >= 11 is 0. The summed E-state index contributed by atoms with van der Waals surface area (Å²) in [5, 5.41) is 3.58. The SMILES string of the molecule is COc1cccc2c1C(C)(C1(C)CCN(C)C1)CN2.[HH]. The Bertz CT molecular complexity index is 507. The number of hydrogen-bond donors (Lipinski definition) is 1. The number of benzene rings is 1. The molecule has 0 radical (unpaired) electrons. The predicted molar refractivity (Wildman–Crippen MR) is 81.2 cm³/mol. The highest BCUT2D eigenvalue weighted by molar-refractivity contribution is 5.66. The Labute approximate surface area is 117 Å². The number of hydrogen-bond acceptors (Lipinski definition) is 3. The Morgan fingerprint density at radius 1 is 1.37 bits per heavy atom. The van der Waals surface area contributed by atoms with E-state index in [2.05, 4.69) is 49.3 Å². The topological polar surface area (TPSA) is 24.5 Å². The first kappa shape index (κ1) is 12.8. The maximum absolute atomic E-state index is 5.63. The molecule has 3 nitrogen and oxygen atoms in total. The van der Waals surface area contributed by atoms with E-state index in [0.29, 0.717) is 5.41 Å². The minimum absolute atomic E-state index is 0. The molecule has 2 aliphatic heterocycles. The van der Waals surface area contributed by atoms with Gasteiger partial charge in [0, 0.05) is 31.2 Å². The van der Waals surface area contributed by atoms with Crippen LogP contribution in [0.4, 0.5) is 5.69 Å². The third-order valence-electron chi connectivity index (χ3n) is 5.43. The third-order valence-corrected chi connectivity index (χ3v) is 5.43. The van der Waals surface area contributed by atoms with Crippen molar-refractivity contribution in [2.75, 3.05) is 39.1 Å². The van der Waals surface area contributed by atoms with Crippen LogP contribution < -0.4 is 10.1 Å². The van der Waals surface area contributed by atoms with Crippen LogP contribution in [0.25, 0.3) is 0 Å². The van der Waals surface area contributed by atoms with Gasteiger partial charge in [-0.25, -0.2) is 0 Å². The highest BCUT2D eigenvalue weighted by Crippen LogP contribution is 2.55. The van der Waals surface area contributed by atoms with Crippen LogP contribution in [-0.4, -0.2) is 38.7 Å². The lowest BCUT2D eigenvalue weighted by Crippen LogP contribution is -2.44. The first-order valence-electron chi connectivity index (χ1n) is 7.10. The molecule has 2 heterocycles. The lowest BCUT2D eigenvalue weighted by Gasteiger charge is -2.42. The van der Waals surface area contributed by atoms with Crippen molar-refractivity contribution in [3.05, 3.63) is 23.8 Å². The van der Waals surface area contributed by atoms with Crippen molar-refractivity contribution in [2.24, 2.45) is 5.41 Å². The van der Waals surface area contributed by atoms with Crippen LogP contribution in [-0.2, 0) is 5.41 Å². The van der Waals surface area contributed by atoms with Crippen molar-refractivity contribution >= 4 is 5.69 Å². The van der Waals surface area contributed by atoms with Gasteiger partial charge in [-0.2, -0.15) is 0 Å². The number of ether oxygens (including phenoxy) is 1. The maximum Gasteiger partial charge on any atom is 0.124 e. The zero-order valence-corrected chi connectivity index (χ0v) is 12.4. The van der Waals surface area contributed by atoms with Gasteiger partial charge in [0.05, 0.1) is 7.11 Å². The molecule has 3 heteroatoms. The van der Waals surface area contributed by atoms with Crippen LogP contribution in [0, 0.1) is 5.41 Å². The van der Waals surface area contributed by atoms with Crippen LogP contribution >= 0.6 is 0 Å². The molecule has 19 heavy (non-hydrogen) atoms. The lowest BCUT2D eigenvalue weighted by atomic mass is 9.62. The Hall–Kier alpha value is -1.22. The second-order valence-electron chi connectivity index (χ2n) is 6.62. The van der Waals surface area contributed by atoms with Gasteiger partial charge in [0.1, 0.15) is 5.75 Å². The van der Waals surface area contributed by atoms with Gasteiger partial charge >= 0.3 is 0 Å². The smallest absolute Gasteiger partial charge is 0.124 e. The number of nitrogens with zero attached hydrogens (tertiary/aromatic N) is 1. The van der Waals surface area contributed by atoms with Crippen LogP contribution in [0.5, 0.6) is 5.75 Å². The molecule has 1 aromatic carbocycles. The Balaban J connectivity index is 0.00000147. The fraction of sp³-hybridized carbons (Fsp3) is 0.625. The summed E-state index contributed by atoms with van der Waals surface area (Å²) in [6.45, 7) is 8.18. The fourth-order valence-electron chi connectivity index (χ4n) is 3.94. The average molecular weight is 262 g/mol. The van der Waals surface area contributed by atoms with Crippen LogP contribution in [0.3, 0.4) is 0 Å². The van der Waals surface area contributed by atoms with E-state index in [-0.39, 0.29) is 6.84 Å². The van der Waals surface area contributed by atoms with Gasteiger partial charge in [-0.1, -0.05) is 19.9 Å². The monoisotopic (exact) mass is 262 g/mol. The molecule has 0 aliphatic carbocycles. The van der Waals surface area contributed by atoms with Crippen molar-refractivity contribution in [1.82, 2.24) is 4.90 Å². The van der Waals surface area contributed by atoms with E-state index in [0.717, 1.165) is 18.8 Å². The van der Waals surface area contributed by atoms with Crippen LogP contribution in [0.2, 0.25) is 0 Å². The number of nitrogens with one attached hydrogen (secondary N) is 1. The number of methoxy groups -OCH3 is 1. The molecular formula is C16H26N2O. The van der Waals surface area contributed by atoms with Gasteiger partial charge in [-0.3, -0.25) is 0 Å². The summed E-state index contributed by atoms with van der Waals surface area (Å²) in [6, 6.07) is 6.33. The van der Waals surface area contributed by atoms with Crippen molar-refractivity contribution < 1.29 is 6.16 Å². The second kappa shape index (κ2) is 4.14. The van der Waals surface area contributed by atoms with E-state index in [1.165, 1.54) is 24.2 Å². The Morgan fingerprint density at radius 3 is 2.79 bits per heavy atom. The van der Waals surface area contributed by atoms with Crippen molar-refractivity contribution in [3.8, 4) is 5.75 Å². The zero-order valence-electron chi connectivity index (χ0n) is 12.4. The highest BCUT2D eigenvalue weighted by atomic mass is 16.5. The van der Waals surface area contributed by atoms with Gasteiger partial charge in [-0.05, 0) is 37.6 Å². The molecule has 0 spiro atoms. The van der Waals surface area contributed by atoms with Gasteiger partial charge in [0.25, 0.3) is 0 Å². The van der Waals surface area contributed by atoms with Crippen molar-refractivity contribution in [1.29, 1.82) is 0 Å². The molecule has 0 bridgehead atoms. The minimum Gasteiger partial charge on any atom is -0.496 e. The second-order valence-corrected chi connectivity index (χ2v) is 6.62. The van der Waals surface area contributed by atoms with Gasteiger partial charge < -0.3 is 15.0 Å². The number of anilines is 1. The Kier molecular flexibility index (Phi) is 2.79. The van der Waals surface area contributed by atoms with Gasteiger partial charge in [-0.15, -0.1) is 0 Å². The normalized spacial score (nSPS) is 34.1. The number of fused-ring (bicyclic) bond motifs is 1. The standard InChI is InChI=1S/C16H24N2O.H2/c1-15(8-9-18(3)11-15)16(2)10-17-12-6-5-7-13(19-4)14(12)16;/h5-7,17H,8-11H2,1-4H3;1H. The lowest BCUT2D eigenvalue weighted by molar-refractivity contribution is 0.175. The largest absolute Gasteiger partial charge is 0.496 e. The zero-order chi connectivity index (χ0) is 13.7. The number of likely N-dealkylation sites (tertiary alicyclic amines) is 1. The molecular weight excluding hydrogens is 236 g/mol. The van der Waals surface area contributed by atoms with E-state index < -0.39 is 0 Å². The fourth-order valence-corrected chi connectivity index (χ4v) is 3.94. The highest BCUT2D eigenvalue weighted by Gasteiger charge is 2.53. The first-order chi connectivity index (χ1) is 9.00. The molecule has 3 rings (SSSR count). The predicted octanol–water partition coefficient (Wildman–Crippen LogP) is 2.97. The molecule has 2 aliphatic rings. The van der Waals surface area contributed by atoms with Crippen molar-refractivity contribution in [2.45, 2.75) is 25.7 Å². The molecule has 106 valence electrons. The summed E-state index contributed by atoms with van der Waals surface area (Å²) in [5.74, 6) is 1.03. The molecule has 2 atom stereocenters. The van der Waals surface area contributed by atoms with E-state index >= 15 is 0 Å². The minimum atomic E-state index is 0. The maximum atomic E-state index is 5.63. The molecule has 0 saturated carbocycles. The Morgan fingerprint density at radius 2 is 2.16 bits per heavy atom. The van der Waals surface area contributed by atoms with E-state index in [9.17, 15) is 0 Å². The molecule has 1 aromatic rings. The molecule has 1 saturated heterocycles. The molecule has 1 N–H and O–H groups in total. The summed E-state index contributed by atoms with van der Waals surface area (Å²) in [7, 11) is 4.00.